The Morgan fingerprint density at radius 2 is 2.07 bits per heavy atom. The molecule has 0 atom stereocenters. The summed E-state index contributed by atoms with van der Waals surface area (Å²) in [6.07, 6.45) is 3.55. The number of carbonyl (C=O) groups is 1. The van der Waals surface area contributed by atoms with Gasteiger partial charge in [0.05, 0.1) is 17.1 Å². The summed E-state index contributed by atoms with van der Waals surface area (Å²) in [4.78, 5) is 19.9. The molecule has 4 rings (SSSR count). The molecular formula is C20H19N5OS. The van der Waals surface area contributed by atoms with Crippen molar-refractivity contribution in [2.45, 2.75) is 13.1 Å². The number of hydrogen-bond acceptors (Lipinski definition) is 4. The Hall–Kier alpha value is -3.19. The molecule has 0 fully saturated rings. The van der Waals surface area contributed by atoms with Crippen LogP contribution in [0.1, 0.15) is 5.69 Å². The third kappa shape index (κ3) is 3.83. The lowest BCUT2D eigenvalue weighted by Crippen LogP contribution is -2.30. The molecule has 1 N–H and O–H groups in total. The summed E-state index contributed by atoms with van der Waals surface area (Å²) in [5.41, 5.74) is 2.80. The second-order valence-corrected chi connectivity index (χ2v) is 7.20. The van der Waals surface area contributed by atoms with Gasteiger partial charge in [0.2, 0.25) is 5.91 Å². The van der Waals surface area contributed by atoms with Crippen LogP contribution in [0.4, 0.5) is 0 Å². The maximum Gasteiger partial charge on any atom is 0.242 e. The lowest BCUT2D eigenvalue weighted by Gasteiger charge is -2.17. The molecule has 0 aliphatic carbocycles. The van der Waals surface area contributed by atoms with Crippen molar-refractivity contribution in [2.24, 2.45) is 0 Å². The van der Waals surface area contributed by atoms with Gasteiger partial charge in [0.15, 0.2) is 0 Å². The Morgan fingerprint density at radius 1 is 1.22 bits per heavy atom. The van der Waals surface area contributed by atoms with Crippen LogP contribution in [0.25, 0.3) is 22.0 Å². The number of likely N-dealkylation sites (N-methyl/N-ethyl adjacent to an activating group) is 1. The highest BCUT2D eigenvalue weighted by Crippen LogP contribution is 2.23. The van der Waals surface area contributed by atoms with Crippen molar-refractivity contribution in [3.63, 3.8) is 0 Å². The highest BCUT2D eigenvalue weighted by molar-refractivity contribution is 7.13. The van der Waals surface area contributed by atoms with E-state index in [4.69, 9.17) is 0 Å². The molecule has 7 heteroatoms. The molecule has 0 saturated heterocycles. The van der Waals surface area contributed by atoms with Crippen LogP contribution in [0, 0.1) is 0 Å². The van der Waals surface area contributed by atoms with E-state index in [1.54, 1.807) is 29.5 Å². The van der Waals surface area contributed by atoms with Crippen molar-refractivity contribution in [1.82, 2.24) is 24.6 Å². The number of carbonyl (C=O) groups excluding carboxylic acids is 1. The minimum Gasteiger partial charge on any atom is -0.338 e. The SMILES string of the molecule is CN(Cc1cc(-c2cccs2)n[nH]1)C(=O)Cn1ccnc1-c1ccccc1. The van der Waals surface area contributed by atoms with Gasteiger partial charge in [0, 0.05) is 25.0 Å². The van der Waals surface area contributed by atoms with E-state index in [1.807, 2.05) is 64.7 Å². The van der Waals surface area contributed by atoms with Crippen molar-refractivity contribution in [3.05, 3.63) is 72.0 Å². The number of hydrogen-bond donors (Lipinski definition) is 1. The van der Waals surface area contributed by atoms with Crippen LogP contribution in [0.3, 0.4) is 0 Å². The highest BCUT2D eigenvalue weighted by atomic mass is 32.1. The van der Waals surface area contributed by atoms with E-state index in [0.29, 0.717) is 6.54 Å². The molecule has 3 heterocycles. The molecule has 0 aliphatic heterocycles. The first-order valence-corrected chi connectivity index (χ1v) is 9.47. The minimum atomic E-state index is 0.0115. The molecule has 4 aromatic rings. The topological polar surface area (TPSA) is 66.8 Å². The zero-order chi connectivity index (χ0) is 18.6. The molecule has 0 bridgehead atoms. The van der Waals surface area contributed by atoms with E-state index in [1.165, 1.54) is 0 Å². The minimum absolute atomic E-state index is 0.0115. The smallest absolute Gasteiger partial charge is 0.242 e. The Kier molecular flexibility index (Phi) is 4.84. The van der Waals surface area contributed by atoms with E-state index in [-0.39, 0.29) is 12.5 Å². The largest absolute Gasteiger partial charge is 0.338 e. The van der Waals surface area contributed by atoms with Gasteiger partial charge in [0.25, 0.3) is 0 Å². The lowest BCUT2D eigenvalue weighted by molar-refractivity contribution is -0.131. The second kappa shape index (κ2) is 7.59. The summed E-state index contributed by atoms with van der Waals surface area (Å²) in [6.45, 7) is 0.721. The Balaban J connectivity index is 1.43. The monoisotopic (exact) mass is 377 g/mol. The first-order chi connectivity index (χ1) is 13.2. The Bertz CT molecular complexity index is 1020. The summed E-state index contributed by atoms with van der Waals surface area (Å²) in [5, 5.41) is 9.37. The van der Waals surface area contributed by atoms with E-state index in [2.05, 4.69) is 15.2 Å². The lowest BCUT2D eigenvalue weighted by atomic mass is 10.2. The van der Waals surface area contributed by atoms with Crippen LogP contribution in [0.15, 0.2) is 66.3 Å². The van der Waals surface area contributed by atoms with Crippen LogP contribution in [-0.4, -0.2) is 37.6 Å². The maximum atomic E-state index is 12.7. The molecule has 0 radical (unpaired) electrons. The van der Waals surface area contributed by atoms with Gasteiger partial charge in [0.1, 0.15) is 18.1 Å². The van der Waals surface area contributed by atoms with Gasteiger partial charge in [-0.2, -0.15) is 5.10 Å². The predicted octanol–water partition coefficient (Wildman–Crippen LogP) is 3.66. The fourth-order valence-corrected chi connectivity index (χ4v) is 3.57. The molecule has 136 valence electrons. The molecule has 3 aromatic heterocycles. The van der Waals surface area contributed by atoms with Gasteiger partial charge < -0.3 is 9.47 Å². The highest BCUT2D eigenvalue weighted by Gasteiger charge is 2.15. The maximum absolute atomic E-state index is 12.7. The van der Waals surface area contributed by atoms with Gasteiger partial charge in [-0.15, -0.1) is 11.3 Å². The zero-order valence-corrected chi connectivity index (χ0v) is 15.7. The third-order valence-corrected chi connectivity index (χ3v) is 5.18. The molecule has 0 unspecified atom stereocenters. The summed E-state index contributed by atoms with van der Waals surface area (Å²) in [6, 6.07) is 15.9. The number of imidazole rings is 1. The van der Waals surface area contributed by atoms with Gasteiger partial charge in [-0.3, -0.25) is 9.89 Å². The van der Waals surface area contributed by atoms with E-state index >= 15 is 0 Å². The van der Waals surface area contributed by atoms with Crippen molar-refractivity contribution in [2.75, 3.05) is 7.05 Å². The van der Waals surface area contributed by atoms with Gasteiger partial charge in [-0.1, -0.05) is 36.4 Å². The fourth-order valence-electron chi connectivity index (χ4n) is 2.89. The molecule has 0 spiro atoms. The first-order valence-electron chi connectivity index (χ1n) is 8.59. The average Bonchev–Trinajstić information content (AvgIpc) is 3.44. The van der Waals surface area contributed by atoms with E-state index in [9.17, 15) is 4.79 Å². The second-order valence-electron chi connectivity index (χ2n) is 6.25. The number of amides is 1. The van der Waals surface area contributed by atoms with Crippen LogP contribution in [0.2, 0.25) is 0 Å². The normalized spacial score (nSPS) is 10.9. The quantitative estimate of drug-likeness (QED) is 0.558. The number of H-pyrrole nitrogens is 1. The molecule has 6 nitrogen and oxygen atoms in total. The van der Waals surface area contributed by atoms with Crippen molar-refractivity contribution in [1.29, 1.82) is 0 Å². The van der Waals surface area contributed by atoms with Crippen molar-refractivity contribution < 1.29 is 4.79 Å². The first kappa shape index (κ1) is 17.2. The van der Waals surface area contributed by atoms with Crippen LogP contribution < -0.4 is 0 Å². The number of thiophene rings is 1. The number of nitrogens with one attached hydrogen (secondary N) is 1. The van der Waals surface area contributed by atoms with Crippen LogP contribution in [-0.2, 0) is 17.9 Å². The number of rotatable bonds is 6. The third-order valence-electron chi connectivity index (χ3n) is 4.29. The van der Waals surface area contributed by atoms with Crippen LogP contribution in [0.5, 0.6) is 0 Å². The Labute approximate surface area is 161 Å². The molecular weight excluding hydrogens is 358 g/mol. The summed E-state index contributed by atoms with van der Waals surface area (Å²) in [5.74, 6) is 0.802. The van der Waals surface area contributed by atoms with Gasteiger partial charge in [-0.05, 0) is 17.5 Å². The molecule has 27 heavy (non-hydrogen) atoms. The predicted molar refractivity (Wildman–Crippen MR) is 106 cm³/mol. The Morgan fingerprint density at radius 3 is 2.85 bits per heavy atom. The van der Waals surface area contributed by atoms with E-state index < -0.39 is 0 Å². The van der Waals surface area contributed by atoms with Crippen molar-refractivity contribution >= 4 is 17.2 Å². The number of aromatic nitrogens is 4. The molecule has 0 aliphatic rings. The van der Waals surface area contributed by atoms with Crippen LogP contribution >= 0.6 is 11.3 Å². The number of aromatic amines is 1. The van der Waals surface area contributed by atoms with Gasteiger partial charge in [-0.25, -0.2) is 4.98 Å². The summed E-state index contributed by atoms with van der Waals surface area (Å²) < 4.78 is 1.87. The van der Waals surface area contributed by atoms with Gasteiger partial charge >= 0.3 is 0 Å². The molecule has 1 aromatic carbocycles. The molecule has 1 amide bonds. The molecule has 0 saturated carbocycles. The van der Waals surface area contributed by atoms with Crippen molar-refractivity contribution in [3.8, 4) is 22.0 Å². The van der Waals surface area contributed by atoms with E-state index in [0.717, 1.165) is 27.7 Å². The summed E-state index contributed by atoms with van der Waals surface area (Å²) in [7, 11) is 1.80. The summed E-state index contributed by atoms with van der Waals surface area (Å²) >= 11 is 1.64. The average molecular weight is 377 g/mol. The zero-order valence-electron chi connectivity index (χ0n) is 14.9. The number of benzene rings is 1. The number of nitrogens with zero attached hydrogens (tertiary/aromatic N) is 4. The standard InChI is InChI=1S/C20H19N5OS/c1-24(13-16-12-17(23-22-16)18-8-5-11-27-18)19(26)14-25-10-9-21-20(25)15-6-3-2-4-7-15/h2-12H,13-14H2,1H3,(H,22,23). The fraction of sp³-hybridized carbons (Fsp3) is 0.150.